The van der Waals surface area contributed by atoms with E-state index in [1.54, 1.807) is 43.3 Å². The molecule has 1 aromatic carbocycles. The second-order valence-corrected chi connectivity index (χ2v) is 3.57. The van der Waals surface area contributed by atoms with Gasteiger partial charge in [0.05, 0.1) is 17.7 Å². The van der Waals surface area contributed by atoms with E-state index in [1.165, 1.54) is 0 Å². The lowest BCUT2D eigenvalue weighted by Gasteiger charge is -2.21. The number of nitrogens with one attached hydrogen (secondary N) is 1. The number of hydrogen-bond acceptors (Lipinski definition) is 3. The minimum Gasteiger partial charge on any atom is -0.314 e. The van der Waals surface area contributed by atoms with E-state index in [2.05, 4.69) is 5.32 Å². The molecule has 1 unspecified atom stereocenters. The summed E-state index contributed by atoms with van der Waals surface area (Å²) in [6, 6.07) is 8.74. The van der Waals surface area contributed by atoms with E-state index in [0.717, 1.165) is 5.69 Å². The van der Waals surface area contributed by atoms with Crippen LogP contribution in [0.5, 0.6) is 0 Å². The zero-order chi connectivity index (χ0) is 12.1. The molecule has 0 aliphatic rings. The van der Waals surface area contributed by atoms with Gasteiger partial charge in [-0.05, 0) is 38.2 Å². The summed E-state index contributed by atoms with van der Waals surface area (Å²) in [5.41, 5.74) is 1.37. The van der Waals surface area contributed by atoms with Crippen LogP contribution in [0, 0.1) is 11.3 Å². The fourth-order valence-corrected chi connectivity index (χ4v) is 1.30. The Hall–Kier alpha value is -1.86. The van der Waals surface area contributed by atoms with Gasteiger partial charge in [-0.15, -0.1) is 0 Å². The molecule has 1 amide bonds. The van der Waals surface area contributed by atoms with E-state index >= 15 is 0 Å². The van der Waals surface area contributed by atoms with Crippen LogP contribution < -0.4 is 10.2 Å². The first kappa shape index (κ1) is 12.2. The molecule has 0 spiro atoms. The Bertz CT molecular complexity index is 405. The van der Waals surface area contributed by atoms with Gasteiger partial charge in [0.2, 0.25) is 5.91 Å². The van der Waals surface area contributed by atoms with Crippen LogP contribution in [0.4, 0.5) is 5.69 Å². The highest BCUT2D eigenvalue weighted by molar-refractivity contribution is 5.96. The van der Waals surface area contributed by atoms with Gasteiger partial charge >= 0.3 is 0 Å². The van der Waals surface area contributed by atoms with Crippen molar-refractivity contribution >= 4 is 11.6 Å². The third-order valence-corrected chi connectivity index (χ3v) is 2.52. The summed E-state index contributed by atoms with van der Waals surface area (Å²) in [7, 11) is 3.47. The van der Waals surface area contributed by atoms with Crippen molar-refractivity contribution in [3.63, 3.8) is 0 Å². The highest BCUT2D eigenvalue weighted by atomic mass is 16.2. The van der Waals surface area contributed by atoms with Crippen LogP contribution in [-0.2, 0) is 4.79 Å². The Balaban J connectivity index is 2.84. The van der Waals surface area contributed by atoms with Gasteiger partial charge in [0.1, 0.15) is 0 Å². The third-order valence-electron chi connectivity index (χ3n) is 2.52. The van der Waals surface area contributed by atoms with Crippen molar-refractivity contribution in [2.24, 2.45) is 0 Å². The van der Waals surface area contributed by atoms with Gasteiger partial charge in [0.15, 0.2) is 0 Å². The lowest BCUT2D eigenvalue weighted by atomic mass is 10.2. The molecule has 0 fully saturated rings. The quantitative estimate of drug-likeness (QED) is 0.825. The van der Waals surface area contributed by atoms with Crippen molar-refractivity contribution in [1.29, 1.82) is 5.26 Å². The molecule has 84 valence electrons. The highest BCUT2D eigenvalue weighted by Crippen LogP contribution is 2.14. The van der Waals surface area contributed by atoms with Gasteiger partial charge in [0, 0.05) is 12.7 Å². The summed E-state index contributed by atoms with van der Waals surface area (Å²) >= 11 is 0. The molecule has 0 aliphatic heterocycles. The van der Waals surface area contributed by atoms with Crippen LogP contribution in [0.3, 0.4) is 0 Å². The van der Waals surface area contributed by atoms with Gasteiger partial charge in [-0.3, -0.25) is 4.79 Å². The van der Waals surface area contributed by atoms with Crippen molar-refractivity contribution in [3.8, 4) is 6.07 Å². The third kappa shape index (κ3) is 2.59. The number of amides is 1. The first-order valence-corrected chi connectivity index (χ1v) is 5.05. The van der Waals surface area contributed by atoms with E-state index in [-0.39, 0.29) is 11.9 Å². The van der Waals surface area contributed by atoms with Gasteiger partial charge < -0.3 is 10.2 Å². The number of anilines is 1. The summed E-state index contributed by atoms with van der Waals surface area (Å²) in [5.74, 6) is -0.00722. The molecule has 1 aromatic rings. The summed E-state index contributed by atoms with van der Waals surface area (Å²) in [5, 5.41) is 11.6. The van der Waals surface area contributed by atoms with Crippen LogP contribution in [0.25, 0.3) is 0 Å². The maximum Gasteiger partial charge on any atom is 0.243 e. The molecule has 1 atom stereocenters. The molecule has 0 heterocycles. The van der Waals surface area contributed by atoms with Crippen LogP contribution in [0.1, 0.15) is 12.5 Å². The van der Waals surface area contributed by atoms with Gasteiger partial charge in [0.25, 0.3) is 0 Å². The number of rotatable bonds is 3. The average molecular weight is 217 g/mol. The monoisotopic (exact) mass is 217 g/mol. The zero-order valence-electron chi connectivity index (χ0n) is 9.69. The van der Waals surface area contributed by atoms with E-state index in [0.29, 0.717) is 5.56 Å². The Morgan fingerprint density at radius 2 is 2.00 bits per heavy atom. The lowest BCUT2D eigenvalue weighted by molar-refractivity contribution is -0.119. The second-order valence-electron chi connectivity index (χ2n) is 3.57. The molecule has 0 radical (unpaired) electrons. The van der Waals surface area contributed by atoms with Gasteiger partial charge in [-0.1, -0.05) is 0 Å². The Morgan fingerprint density at radius 3 is 2.44 bits per heavy atom. The molecule has 16 heavy (non-hydrogen) atoms. The lowest BCUT2D eigenvalue weighted by Crippen LogP contribution is -2.41. The maximum atomic E-state index is 11.8. The number of likely N-dealkylation sites (N-methyl/N-ethyl adjacent to an activating group) is 2. The zero-order valence-corrected chi connectivity index (χ0v) is 9.69. The molecule has 4 heteroatoms. The fourth-order valence-electron chi connectivity index (χ4n) is 1.30. The van der Waals surface area contributed by atoms with E-state index in [9.17, 15) is 4.79 Å². The molecule has 0 aromatic heterocycles. The summed E-state index contributed by atoms with van der Waals surface area (Å²) < 4.78 is 0. The molecule has 0 saturated heterocycles. The number of benzene rings is 1. The van der Waals surface area contributed by atoms with Crippen molar-refractivity contribution in [2.45, 2.75) is 13.0 Å². The second kappa shape index (κ2) is 5.29. The molecule has 1 N–H and O–H groups in total. The normalized spacial score (nSPS) is 11.6. The van der Waals surface area contributed by atoms with Crippen molar-refractivity contribution in [1.82, 2.24) is 5.32 Å². The van der Waals surface area contributed by atoms with E-state index in [1.807, 2.05) is 13.0 Å². The molecular weight excluding hydrogens is 202 g/mol. The van der Waals surface area contributed by atoms with Gasteiger partial charge in [-0.25, -0.2) is 0 Å². The molecule has 1 rings (SSSR count). The van der Waals surface area contributed by atoms with E-state index in [4.69, 9.17) is 5.26 Å². The first-order chi connectivity index (χ1) is 7.60. The van der Waals surface area contributed by atoms with Crippen LogP contribution in [0.2, 0.25) is 0 Å². The van der Waals surface area contributed by atoms with E-state index < -0.39 is 0 Å². The minimum absolute atomic E-state index is 0.00722. The number of nitriles is 1. The number of carbonyl (C=O) groups is 1. The average Bonchev–Trinajstić information content (AvgIpc) is 2.36. The number of nitrogens with zero attached hydrogens (tertiary/aromatic N) is 2. The topological polar surface area (TPSA) is 56.1 Å². The Labute approximate surface area is 95.5 Å². The number of carbonyl (C=O) groups excluding carboxylic acids is 1. The smallest absolute Gasteiger partial charge is 0.243 e. The summed E-state index contributed by atoms with van der Waals surface area (Å²) in [6.07, 6.45) is 0. The molecule has 0 saturated carbocycles. The molecule has 0 aliphatic carbocycles. The van der Waals surface area contributed by atoms with Crippen LogP contribution in [-0.4, -0.2) is 26.0 Å². The Kier molecular flexibility index (Phi) is 4.03. The van der Waals surface area contributed by atoms with Crippen molar-refractivity contribution < 1.29 is 4.79 Å². The largest absolute Gasteiger partial charge is 0.314 e. The predicted molar refractivity (Wildman–Crippen MR) is 63.1 cm³/mol. The maximum absolute atomic E-state index is 11.8. The fraction of sp³-hybridized carbons (Fsp3) is 0.333. The predicted octanol–water partition coefficient (Wildman–Crippen LogP) is 1.13. The molecule has 0 bridgehead atoms. The van der Waals surface area contributed by atoms with Gasteiger partial charge in [-0.2, -0.15) is 5.26 Å². The van der Waals surface area contributed by atoms with Crippen LogP contribution in [0.15, 0.2) is 24.3 Å². The van der Waals surface area contributed by atoms with Crippen molar-refractivity contribution in [3.05, 3.63) is 29.8 Å². The SMILES string of the molecule is CNC(C)C(=O)N(C)c1ccc(C#N)cc1. The summed E-state index contributed by atoms with van der Waals surface area (Å²) in [4.78, 5) is 13.4. The number of hydrogen-bond donors (Lipinski definition) is 1. The standard InChI is InChI=1S/C12H15N3O/c1-9(14-2)12(16)15(3)11-6-4-10(8-13)5-7-11/h4-7,9,14H,1-3H3. The van der Waals surface area contributed by atoms with Crippen LogP contribution >= 0.6 is 0 Å². The first-order valence-electron chi connectivity index (χ1n) is 5.05. The van der Waals surface area contributed by atoms with Crippen molar-refractivity contribution in [2.75, 3.05) is 19.0 Å². The Morgan fingerprint density at radius 1 is 1.44 bits per heavy atom. The summed E-state index contributed by atoms with van der Waals surface area (Å²) in [6.45, 7) is 1.81. The highest BCUT2D eigenvalue weighted by Gasteiger charge is 2.16. The minimum atomic E-state index is -0.222. The molecule has 4 nitrogen and oxygen atoms in total. The molecular formula is C12H15N3O.